The van der Waals surface area contributed by atoms with E-state index in [1.165, 1.54) is 55.3 Å². The van der Waals surface area contributed by atoms with E-state index in [1.807, 2.05) is 12.3 Å². The Kier molecular flexibility index (Phi) is 10.5. The summed E-state index contributed by atoms with van der Waals surface area (Å²) in [6.45, 7) is 39.3. The molecule has 7 aromatic rings. The van der Waals surface area contributed by atoms with Crippen molar-refractivity contribution >= 4 is 21.8 Å². The van der Waals surface area contributed by atoms with Crippen LogP contribution in [0.3, 0.4) is 0 Å². The first-order valence-corrected chi connectivity index (χ1v) is 22.0. The van der Waals surface area contributed by atoms with Crippen LogP contribution in [0.1, 0.15) is 157 Å². The Balaban J connectivity index is 1.60. The van der Waals surface area contributed by atoms with Gasteiger partial charge in [0.1, 0.15) is 0 Å². The highest BCUT2D eigenvalue weighted by molar-refractivity contribution is 6.12. The van der Waals surface area contributed by atoms with E-state index in [9.17, 15) is 0 Å². The molecular weight excluding hydrogens is 727 g/mol. The van der Waals surface area contributed by atoms with E-state index < -0.39 is 0 Å². The van der Waals surface area contributed by atoms with Crippen molar-refractivity contribution in [1.82, 2.24) is 15.0 Å². The standard InChI is InChI=1S/C57H69N3/c1-52(2,3)38-21-22-47-44(32-38)45-33-42(56(13,14)15)34-46(51(45)60-47)49-29-36(35-24-39(53(4,5)6)30-40(25-35)54(7,8)9)28-48(59-49)37-26-41(55(10,11)12)31-43(27-37)57(16,17)50-20-18-19-23-58-50/h18-34,60H,1-17H3. The van der Waals surface area contributed by atoms with Crippen LogP contribution in [0.15, 0.2) is 103 Å². The molecule has 0 atom stereocenters. The molecule has 0 aliphatic heterocycles. The number of benzene rings is 4. The second-order valence-corrected chi connectivity index (χ2v) is 23.1. The molecule has 0 radical (unpaired) electrons. The topological polar surface area (TPSA) is 41.6 Å². The first-order chi connectivity index (χ1) is 27.6. The monoisotopic (exact) mass is 796 g/mol. The van der Waals surface area contributed by atoms with E-state index in [0.29, 0.717) is 0 Å². The Morgan fingerprint density at radius 1 is 0.400 bits per heavy atom. The van der Waals surface area contributed by atoms with Crippen LogP contribution in [0.25, 0.3) is 55.4 Å². The van der Waals surface area contributed by atoms with Crippen molar-refractivity contribution in [1.29, 1.82) is 0 Å². The van der Waals surface area contributed by atoms with Gasteiger partial charge in [0.25, 0.3) is 0 Å². The zero-order valence-corrected chi connectivity index (χ0v) is 39.7. The smallest absolute Gasteiger partial charge is 0.0736 e. The maximum atomic E-state index is 5.73. The number of hydrogen-bond acceptors (Lipinski definition) is 2. The maximum Gasteiger partial charge on any atom is 0.0736 e. The fraction of sp³-hybridized carbons (Fsp3) is 0.404. The first kappa shape index (κ1) is 43.1. The van der Waals surface area contributed by atoms with E-state index in [0.717, 1.165) is 39.2 Å². The van der Waals surface area contributed by atoms with Gasteiger partial charge < -0.3 is 4.98 Å². The second-order valence-electron chi connectivity index (χ2n) is 23.1. The molecule has 3 heteroatoms. The van der Waals surface area contributed by atoms with Gasteiger partial charge in [-0.1, -0.05) is 154 Å². The molecule has 0 aliphatic carbocycles. The highest BCUT2D eigenvalue weighted by Crippen LogP contribution is 2.43. The molecule has 0 saturated carbocycles. The van der Waals surface area contributed by atoms with Gasteiger partial charge in [0.05, 0.1) is 22.6 Å². The summed E-state index contributed by atoms with van der Waals surface area (Å²) in [6.07, 6.45) is 1.90. The van der Waals surface area contributed by atoms with Gasteiger partial charge in [0.15, 0.2) is 0 Å². The number of nitrogens with zero attached hydrogens (tertiary/aromatic N) is 2. The van der Waals surface area contributed by atoms with Crippen molar-refractivity contribution < 1.29 is 0 Å². The summed E-state index contributed by atoms with van der Waals surface area (Å²) in [5.74, 6) is 0. The molecule has 4 aromatic carbocycles. The average molecular weight is 796 g/mol. The quantitative estimate of drug-likeness (QED) is 0.189. The van der Waals surface area contributed by atoms with Gasteiger partial charge >= 0.3 is 0 Å². The zero-order chi connectivity index (χ0) is 44.0. The number of hydrogen-bond donors (Lipinski definition) is 1. The minimum Gasteiger partial charge on any atom is -0.354 e. The van der Waals surface area contributed by atoms with Gasteiger partial charge in [-0.2, -0.15) is 0 Å². The Morgan fingerprint density at radius 2 is 0.883 bits per heavy atom. The van der Waals surface area contributed by atoms with Crippen molar-refractivity contribution in [3.63, 3.8) is 0 Å². The third-order valence-corrected chi connectivity index (χ3v) is 12.7. The lowest BCUT2D eigenvalue weighted by molar-refractivity contribution is 0.569. The summed E-state index contributed by atoms with van der Waals surface area (Å²) in [5.41, 5.74) is 17.2. The molecule has 0 amide bonds. The number of aromatic amines is 1. The summed E-state index contributed by atoms with van der Waals surface area (Å²) in [6, 6.07) is 37.0. The van der Waals surface area contributed by atoms with Crippen LogP contribution in [0, 0.1) is 0 Å². The van der Waals surface area contributed by atoms with E-state index >= 15 is 0 Å². The molecule has 3 heterocycles. The van der Waals surface area contributed by atoms with Crippen LogP contribution < -0.4 is 0 Å². The number of H-pyrrole nitrogens is 1. The highest BCUT2D eigenvalue weighted by atomic mass is 14.8. The summed E-state index contributed by atoms with van der Waals surface area (Å²) >= 11 is 0. The Labute approximate surface area is 361 Å². The summed E-state index contributed by atoms with van der Waals surface area (Å²) in [4.78, 5) is 14.5. The average Bonchev–Trinajstić information content (AvgIpc) is 3.54. The summed E-state index contributed by atoms with van der Waals surface area (Å²) in [5, 5.41) is 2.50. The number of pyridine rings is 2. The molecule has 0 fully saturated rings. The van der Waals surface area contributed by atoms with Gasteiger partial charge in [-0.15, -0.1) is 0 Å². The second kappa shape index (κ2) is 14.6. The Hall–Kier alpha value is -5.02. The third kappa shape index (κ3) is 8.47. The highest BCUT2D eigenvalue weighted by Gasteiger charge is 2.29. The van der Waals surface area contributed by atoms with E-state index in [2.05, 4.69) is 214 Å². The number of nitrogens with one attached hydrogen (secondary N) is 1. The predicted molar refractivity (Wildman–Crippen MR) is 260 cm³/mol. The van der Waals surface area contributed by atoms with Crippen LogP contribution >= 0.6 is 0 Å². The van der Waals surface area contributed by atoms with Gasteiger partial charge in [0.2, 0.25) is 0 Å². The summed E-state index contributed by atoms with van der Waals surface area (Å²) < 4.78 is 0. The molecule has 7 rings (SSSR count). The predicted octanol–water partition coefficient (Wildman–Crippen LogP) is 15.9. The molecule has 1 N–H and O–H groups in total. The van der Waals surface area contributed by atoms with Crippen LogP contribution in [-0.4, -0.2) is 15.0 Å². The van der Waals surface area contributed by atoms with E-state index in [-0.39, 0.29) is 32.5 Å². The lowest BCUT2D eigenvalue weighted by Crippen LogP contribution is -2.22. The van der Waals surface area contributed by atoms with Crippen molar-refractivity contribution in [3.05, 3.63) is 142 Å². The Morgan fingerprint density at radius 3 is 1.43 bits per heavy atom. The minimum atomic E-state index is -0.330. The van der Waals surface area contributed by atoms with Crippen molar-refractivity contribution in [2.24, 2.45) is 0 Å². The third-order valence-electron chi connectivity index (χ3n) is 12.7. The van der Waals surface area contributed by atoms with Gasteiger partial charge in [-0.3, -0.25) is 4.98 Å². The van der Waals surface area contributed by atoms with Crippen LogP contribution in [0.2, 0.25) is 0 Å². The zero-order valence-electron chi connectivity index (χ0n) is 39.7. The molecule has 60 heavy (non-hydrogen) atoms. The van der Waals surface area contributed by atoms with Crippen molar-refractivity contribution in [3.8, 4) is 33.6 Å². The van der Waals surface area contributed by atoms with Crippen molar-refractivity contribution in [2.75, 3.05) is 0 Å². The SMILES string of the molecule is CC(C)(C)c1cc(-c2cc(-c3cc(C(C)(C)C)cc(C(C)(C)c4ccccn4)c3)nc(-c3cc(C(C)(C)C)cc4c3[nH]c3ccc(C(C)(C)C)cc34)c2)cc(C(C)(C)C)c1. The van der Waals surface area contributed by atoms with Gasteiger partial charge in [0, 0.05) is 39.0 Å². The fourth-order valence-electron chi connectivity index (χ4n) is 8.19. The van der Waals surface area contributed by atoms with Gasteiger partial charge in [-0.25, -0.2) is 4.98 Å². The van der Waals surface area contributed by atoms with Crippen molar-refractivity contribution in [2.45, 2.75) is 150 Å². The molecule has 0 spiro atoms. The fourth-order valence-corrected chi connectivity index (χ4v) is 8.19. The van der Waals surface area contributed by atoms with Crippen LogP contribution in [0.5, 0.6) is 0 Å². The molecule has 3 aromatic heterocycles. The number of rotatable bonds is 5. The van der Waals surface area contributed by atoms with E-state index in [1.54, 1.807) is 0 Å². The molecule has 0 aliphatic rings. The van der Waals surface area contributed by atoms with Crippen LogP contribution in [0.4, 0.5) is 0 Å². The number of fused-ring (bicyclic) bond motifs is 3. The summed E-state index contributed by atoms with van der Waals surface area (Å²) in [7, 11) is 0. The molecule has 3 nitrogen and oxygen atoms in total. The minimum absolute atomic E-state index is 0.0227. The molecule has 0 saturated heterocycles. The molecule has 0 bridgehead atoms. The Bertz CT molecular complexity index is 2690. The normalized spacial score (nSPS) is 13.4. The maximum absolute atomic E-state index is 5.73. The molecule has 0 unspecified atom stereocenters. The molecule has 312 valence electrons. The molecular formula is C57H69N3. The van der Waals surface area contributed by atoms with Gasteiger partial charge in [-0.05, 0) is 132 Å². The largest absolute Gasteiger partial charge is 0.354 e. The van der Waals surface area contributed by atoms with E-state index in [4.69, 9.17) is 9.97 Å². The number of aromatic nitrogens is 3. The lowest BCUT2D eigenvalue weighted by atomic mass is 9.76. The van der Waals surface area contributed by atoms with Crippen LogP contribution in [-0.2, 0) is 32.5 Å². The lowest BCUT2D eigenvalue weighted by Gasteiger charge is -2.29. The first-order valence-electron chi connectivity index (χ1n) is 22.0.